The van der Waals surface area contributed by atoms with Gasteiger partial charge < -0.3 is 9.80 Å². The van der Waals surface area contributed by atoms with Crippen LogP contribution in [0.5, 0.6) is 0 Å². The summed E-state index contributed by atoms with van der Waals surface area (Å²) in [7, 11) is 0. The molecule has 1 fully saturated rings. The van der Waals surface area contributed by atoms with Crippen molar-refractivity contribution in [3.63, 3.8) is 0 Å². The maximum Gasteiger partial charge on any atom is 0.159 e. The fourth-order valence-electron chi connectivity index (χ4n) is 4.36. The van der Waals surface area contributed by atoms with Crippen molar-refractivity contribution in [1.29, 1.82) is 0 Å². The Morgan fingerprint density at radius 2 is 1.78 bits per heavy atom. The summed E-state index contributed by atoms with van der Waals surface area (Å²) in [4.78, 5) is 5.69. The lowest BCUT2D eigenvalue weighted by atomic mass is 10.0. The standard InChI is InChI=1S/C19H20BrN3/c20-13-6-5-7-14(12-13)22-17-10-3-4-11-18(17)23-16-9-2-1-8-15(16)21-19(22)23/h1-5,7-11,13-16,19,21H,6,12H2. The molecule has 0 radical (unpaired) electrons. The monoisotopic (exact) mass is 369 g/mol. The fourth-order valence-corrected chi connectivity index (χ4v) is 4.96. The highest BCUT2D eigenvalue weighted by molar-refractivity contribution is 9.09. The Kier molecular flexibility index (Phi) is 3.17. The van der Waals surface area contributed by atoms with Gasteiger partial charge in [0.15, 0.2) is 6.29 Å². The van der Waals surface area contributed by atoms with Crippen molar-refractivity contribution in [2.45, 2.75) is 42.1 Å². The minimum absolute atomic E-state index is 0.238. The van der Waals surface area contributed by atoms with Crippen LogP contribution in [0, 0.1) is 0 Å². The Morgan fingerprint density at radius 1 is 1.00 bits per heavy atom. The van der Waals surface area contributed by atoms with Gasteiger partial charge in [-0.1, -0.05) is 64.5 Å². The summed E-state index contributed by atoms with van der Waals surface area (Å²) < 4.78 is 0. The molecule has 5 unspecified atom stereocenters. The summed E-state index contributed by atoms with van der Waals surface area (Å²) >= 11 is 3.82. The Labute approximate surface area is 145 Å². The van der Waals surface area contributed by atoms with Crippen LogP contribution in [0.1, 0.15) is 12.8 Å². The van der Waals surface area contributed by atoms with E-state index in [1.54, 1.807) is 0 Å². The molecule has 118 valence electrons. The molecule has 0 bridgehead atoms. The van der Waals surface area contributed by atoms with E-state index < -0.39 is 0 Å². The summed E-state index contributed by atoms with van der Waals surface area (Å²) in [6, 6.07) is 10.1. The molecular formula is C19H20BrN3. The number of allylic oxidation sites excluding steroid dienone is 3. The molecule has 0 aromatic heterocycles. The molecule has 1 aromatic carbocycles. The molecule has 0 amide bonds. The first-order valence-corrected chi connectivity index (χ1v) is 9.32. The SMILES string of the molecule is BrC1CC=CC(N2c3ccccc3N3C4C=CC=CC4NC23)C1. The van der Waals surface area contributed by atoms with Crippen molar-refractivity contribution in [2.75, 3.05) is 9.80 Å². The predicted molar refractivity (Wildman–Crippen MR) is 99.1 cm³/mol. The number of benzene rings is 1. The molecule has 1 aromatic rings. The highest BCUT2D eigenvalue weighted by Crippen LogP contribution is 2.46. The van der Waals surface area contributed by atoms with Gasteiger partial charge in [-0.2, -0.15) is 0 Å². The molecule has 2 heterocycles. The van der Waals surface area contributed by atoms with E-state index in [1.807, 2.05) is 0 Å². The maximum atomic E-state index is 3.83. The minimum Gasteiger partial charge on any atom is -0.331 e. The van der Waals surface area contributed by atoms with Crippen molar-refractivity contribution in [2.24, 2.45) is 0 Å². The lowest BCUT2D eigenvalue weighted by Gasteiger charge is -2.36. The summed E-state index contributed by atoms with van der Waals surface area (Å²) in [5.41, 5.74) is 2.70. The lowest BCUT2D eigenvalue weighted by Crippen LogP contribution is -2.52. The van der Waals surface area contributed by atoms with E-state index in [1.165, 1.54) is 11.4 Å². The van der Waals surface area contributed by atoms with Gasteiger partial charge in [-0.3, -0.25) is 5.32 Å². The zero-order valence-corrected chi connectivity index (χ0v) is 14.4. The number of nitrogens with zero attached hydrogens (tertiary/aromatic N) is 2. The number of alkyl halides is 1. The van der Waals surface area contributed by atoms with Gasteiger partial charge >= 0.3 is 0 Å². The zero-order chi connectivity index (χ0) is 15.4. The molecule has 0 spiro atoms. The number of hydrogen-bond acceptors (Lipinski definition) is 3. The van der Waals surface area contributed by atoms with Gasteiger partial charge in [-0.25, -0.2) is 0 Å². The van der Waals surface area contributed by atoms with E-state index in [-0.39, 0.29) is 6.29 Å². The molecule has 4 aliphatic rings. The first-order valence-electron chi connectivity index (χ1n) is 8.40. The van der Waals surface area contributed by atoms with Crippen molar-refractivity contribution >= 4 is 27.3 Å². The Bertz CT molecular complexity index is 710. The highest BCUT2D eigenvalue weighted by Gasteiger charge is 2.49. The summed E-state index contributed by atoms with van der Waals surface area (Å²) in [5, 5.41) is 3.83. The molecule has 1 saturated heterocycles. The highest BCUT2D eigenvalue weighted by atomic mass is 79.9. The Hall–Kier alpha value is -1.52. The number of halogens is 1. The van der Waals surface area contributed by atoms with Gasteiger partial charge in [0.1, 0.15) is 0 Å². The molecule has 5 atom stereocenters. The van der Waals surface area contributed by atoms with Crippen LogP contribution in [0.2, 0.25) is 0 Å². The second-order valence-electron chi connectivity index (χ2n) is 6.69. The second kappa shape index (κ2) is 5.25. The number of anilines is 2. The Balaban J connectivity index is 1.59. The van der Waals surface area contributed by atoms with Gasteiger partial charge in [-0.15, -0.1) is 0 Å². The van der Waals surface area contributed by atoms with E-state index >= 15 is 0 Å². The first kappa shape index (κ1) is 13.9. The van der Waals surface area contributed by atoms with Gasteiger partial charge in [0.25, 0.3) is 0 Å². The Morgan fingerprint density at radius 3 is 2.61 bits per heavy atom. The number of rotatable bonds is 1. The average Bonchev–Trinajstić information content (AvgIpc) is 3.09. The van der Waals surface area contributed by atoms with Crippen LogP contribution < -0.4 is 15.1 Å². The summed E-state index contributed by atoms with van der Waals surface area (Å²) in [6.45, 7) is 0. The van der Waals surface area contributed by atoms with E-state index in [0.29, 0.717) is 23.0 Å². The normalized spacial score (nSPS) is 37.0. The van der Waals surface area contributed by atoms with Crippen LogP contribution in [-0.2, 0) is 0 Å². The zero-order valence-electron chi connectivity index (χ0n) is 12.8. The third-order valence-corrected chi connectivity index (χ3v) is 6.09. The van der Waals surface area contributed by atoms with E-state index in [4.69, 9.17) is 0 Å². The molecule has 1 N–H and O–H groups in total. The van der Waals surface area contributed by atoms with Crippen molar-refractivity contribution in [3.05, 3.63) is 60.7 Å². The van der Waals surface area contributed by atoms with Gasteiger partial charge in [-0.05, 0) is 25.0 Å². The van der Waals surface area contributed by atoms with E-state index in [0.717, 1.165) is 12.8 Å². The predicted octanol–water partition coefficient (Wildman–Crippen LogP) is 3.55. The van der Waals surface area contributed by atoms with E-state index in [9.17, 15) is 0 Å². The number of fused-ring (bicyclic) bond motifs is 5. The molecule has 0 saturated carbocycles. The van der Waals surface area contributed by atoms with Gasteiger partial charge in [0, 0.05) is 4.83 Å². The third kappa shape index (κ3) is 2.05. The fraction of sp³-hybridized carbons (Fsp3) is 0.368. The molecule has 3 nitrogen and oxygen atoms in total. The molecule has 23 heavy (non-hydrogen) atoms. The van der Waals surface area contributed by atoms with Crippen molar-refractivity contribution in [3.8, 4) is 0 Å². The summed E-state index contributed by atoms with van der Waals surface area (Å²) in [5.74, 6) is 0. The first-order chi connectivity index (χ1) is 11.3. The van der Waals surface area contributed by atoms with E-state index in [2.05, 4.69) is 91.8 Å². The third-order valence-electron chi connectivity index (χ3n) is 5.34. The van der Waals surface area contributed by atoms with Crippen LogP contribution in [-0.4, -0.2) is 29.2 Å². The number of nitrogens with one attached hydrogen (secondary N) is 1. The van der Waals surface area contributed by atoms with Crippen LogP contribution in [0.3, 0.4) is 0 Å². The number of hydrogen-bond donors (Lipinski definition) is 1. The topological polar surface area (TPSA) is 18.5 Å². The second-order valence-corrected chi connectivity index (χ2v) is 7.99. The van der Waals surface area contributed by atoms with Crippen LogP contribution in [0.25, 0.3) is 0 Å². The summed E-state index contributed by atoms with van der Waals surface area (Å²) in [6.07, 6.45) is 16.2. The lowest BCUT2D eigenvalue weighted by molar-refractivity contribution is 0.499. The van der Waals surface area contributed by atoms with Crippen molar-refractivity contribution in [1.82, 2.24) is 5.32 Å². The maximum absolute atomic E-state index is 3.83. The largest absolute Gasteiger partial charge is 0.331 e. The van der Waals surface area contributed by atoms with Crippen LogP contribution >= 0.6 is 15.9 Å². The molecular weight excluding hydrogens is 350 g/mol. The van der Waals surface area contributed by atoms with Crippen LogP contribution in [0.4, 0.5) is 11.4 Å². The van der Waals surface area contributed by atoms with Crippen LogP contribution in [0.15, 0.2) is 60.7 Å². The van der Waals surface area contributed by atoms with Gasteiger partial charge in [0.2, 0.25) is 0 Å². The molecule has 2 aliphatic carbocycles. The molecule has 5 rings (SSSR count). The number of para-hydroxylation sites is 2. The average molecular weight is 370 g/mol. The van der Waals surface area contributed by atoms with Gasteiger partial charge in [0.05, 0.1) is 29.5 Å². The smallest absolute Gasteiger partial charge is 0.159 e. The minimum atomic E-state index is 0.238. The molecule has 2 aliphatic heterocycles. The quantitative estimate of drug-likeness (QED) is 0.603. The molecule has 4 heteroatoms. The van der Waals surface area contributed by atoms with Crippen molar-refractivity contribution < 1.29 is 0 Å².